The summed E-state index contributed by atoms with van der Waals surface area (Å²) in [5.41, 5.74) is 1.18. The van der Waals surface area contributed by atoms with Crippen LogP contribution in [0.4, 0.5) is 0 Å². The van der Waals surface area contributed by atoms with Gasteiger partial charge in [-0.2, -0.15) is 0 Å². The summed E-state index contributed by atoms with van der Waals surface area (Å²) < 4.78 is 0. The molecule has 0 aromatic rings. The van der Waals surface area contributed by atoms with Gasteiger partial charge >= 0.3 is 0 Å². The molecule has 82 valence electrons. The minimum Gasteiger partial charge on any atom is -0.294 e. The van der Waals surface area contributed by atoms with Gasteiger partial charge in [-0.05, 0) is 50.5 Å². The summed E-state index contributed by atoms with van der Waals surface area (Å²) in [6.45, 7) is 8.39. The van der Waals surface area contributed by atoms with Crippen LogP contribution >= 0.6 is 0 Å². The number of carbonyl (C=O) groups excluding carboxylic acids is 1. The van der Waals surface area contributed by atoms with Crippen molar-refractivity contribution in [3.63, 3.8) is 0 Å². The molecule has 0 saturated heterocycles. The summed E-state index contributed by atoms with van der Waals surface area (Å²) in [5.74, 6) is 1.46. The first-order valence-electron chi connectivity index (χ1n) is 5.92. The van der Waals surface area contributed by atoms with Crippen molar-refractivity contribution in [3.8, 4) is 0 Å². The fourth-order valence-corrected chi connectivity index (χ4v) is 3.16. The molecular formula is C14H20O. The Morgan fingerprint density at radius 2 is 2.27 bits per heavy atom. The minimum absolute atomic E-state index is 0.0676. The van der Waals surface area contributed by atoms with Crippen LogP contribution in [0.25, 0.3) is 0 Å². The molecule has 0 unspecified atom stereocenters. The quantitative estimate of drug-likeness (QED) is 0.597. The third-order valence-corrected chi connectivity index (χ3v) is 4.44. The fourth-order valence-electron chi connectivity index (χ4n) is 3.16. The smallest absolute Gasteiger partial charge is 0.162 e. The highest BCUT2D eigenvalue weighted by molar-refractivity contribution is 5.97. The largest absolute Gasteiger partial charge is 0.294 e. The summed E-state index contributed by atoms with van der Waals surface area (Å²) in [6.07, 6.45) is 8.21. The molecule has 0 aromatic carbocycles. The zero-order chi connectivity index (χ0) is 11.1. The van der Waals surface area contributed by atoms with Crippen LogP contribution in [0, 0.1) is 17.3 Å². The van der Waals surface area contributed by atoms with E-state index >= 15 is 0 Å². The van der Waals surface area contributed by atoms with Crippen LogP contribution in [0.3, 0.4) is 0 Å². The summed E-state index contributed by atoms with van der Waals surface area (Å²) in [4.78, 5) is 12.0. The van der Waals surface area contributed by atoms with E-state index in [4.69, 9.17) is 0 Å². The molecule has 0 radical (unpaired) electrons. The Labute approximate surface area is 92.3 Å². The van der Waals surface area contributed by atoms with Crippen LogP contribution in [0.15, 0.2) is 24.3 Å². The molecule has 2 aliphatic carbocycles. The third-order valence-electron chi connectivity index (χ3n) is 4.44. The van der Waals surface area contributed by atoms with Crippen molar-refractivity contribution in [2.75, 3.05) is 0 Å². The molecule has 1 spiro atoms. The van der Waals surface area contributed by atoms with Gasteiger partial charge in [0.2, 0.25) is 0 Å². The molecule has 3 atom stereocenters. The van der Waals surface area contributed by atoms with Crippen LogP contribution in [0.5, 0.6) is 0 Å². The third kappa shape index (κ3) is 1.58. The molecule has 1 saturated carbocycles. The molecule has 0 amide bonds. The predicted molar refractivity (Wildman–Crippen MR) is 62.5 cm³/mol. The lowest BCUT2D eigenvalue weighted by Gasteiger charge is -2.42. The van der Waals surface area contributed by atoms with Crippen molar-refractivity contribution in [2.45, 2.75) is 39.5 Å². The van der Waals surface area contributed by atoms with Gasteiger partial charge in [-0.15, -0.1) is 0 Å². The van der Waals surface area contributed by atoms with E-state index in [0.717, 1.165) is 12.8 Å². The van der Waals surface area contributed by atoms with E-state index in [2.05, 4.69) is 26.5 Å². The van der Waals surface area contributed by atoms with E-state index in [0.29, 0.717) is 17.6 Å². The summed E-state index contributed by atoms with van der Waals surface area (Å²) in [6, 6.07) is 0. The van der Waals surface area contributed by atoms with Gasteiger partial charge in [0.05, 0.1) is 0 Å². The average Bonchev–Trinajstić information content (AvgIpc) is 2.54. The first-order valence-corrected chi connectivity index (χ1v) is 5.92. The van der Waals surface area contributed by atoms with Gasteiger partial charge in [0.15, 0.2) is 5.78 Å². The van der Waals surface area contributed by atoms with E-state index in [1.165, 1.54) is 18.4 Å². The zero-order valence-corrected chi connectivity index (χ0v) is 9.75. The molecule has 0 N–H and O–H groups in total. The second kappa shape index (κ2) is 3.62. The van der Waals surface area contributed by atoms with Gasteiger partial charge in [-0.25, -0.2) is 0 Å². The Hall–Kier alpha value is -0.850. The highest BCUT2D eigenvalue weighted by atomic mass is 16.1. The molecule has 0 bridgehead atoms. The van der Waals surface area contributed by atoms with E-state index in [1.807, 2.05) is 0 Å². The lowest BCUT2D eigenvalue weighted by atomic mass is 9.61. The monoisotopic (exact) mass is 204 g/mol. The lowest BCUT2D eigenvalue weighted by Crippen LogP contribution is -2.39. The van der Waals surface area contributed by atoms with Crippen molar-refractivity contribution in [2.24, 2.45) is 17.3 Å². The van der Waals surface area contributed by atoms with Gasteiger partial charge in [0.25, 0.3) is 0 Å². The van der Waals surface area contributed by atoms with Crippen molar-refractivity contribution in [1.29, 1.82) is 0 Å². The number of ketones is 1. The first kappa shape index (κ1) is 10.7. The molecule has 0 aromatic heterocycles. The molecule has 2 rings (SSSR count). The molecule has 1 nitrogen and oxygen atoms in total. The van der Waals surface area contributed by atoms with Gasteiger partial charge < -0.3 is 0 Å². The normalized spacial score (nSPS) is 40.0. The maximum atomic E-state index is 12.0. The molecule has 0 aliphatic heterocycles. The Morgan fingerprint density at radius 1 is 1.53 bits per heavy atom. The van der Waals surface area contributed by atoms with E-state index in [1.54, 1.807) is 6.08 Å². The molecule has 1 fully saturated rings. The molecule has 0 heterocycles. The minimum atomic E-state index is -0.0676. The highest BCUT2D eigenvalue weighted by Gasteiger charge is 2.47. The highest BCUT2D eigenvalue weighted by Crippen LogP contribution is 2.50. The van der Waals surface area contributed by atoms with Gasteiger partial charge in [-0.3, -0.25) is 4.79 Å². The Morgan fingerprint density at radius 3 is 2.80 bits per heavy atom. The maximum absolute atomic E-state index is 12.0. The molecular weight excluding hydrogens is 184 g/mol. The van der Waals surface area contributed by atoms with Crippen molar-refractivity contribution >= 4 is 5.78 Å². The number of hydrogen-bond donors (Lipinski definition) is 0. The van der Waals surface area contributed by atoms with Crippen LogP contribution in [0.1, 0.15) is 39.5 Å². The Kier molecular flexibility index (Phi) is 2.57. The van der Waals surface area contributed by atoms with Crippen LogP contribution in [-0.2, 0) is 4.79 Å². The first-order chi connectivity index (χ1) is 7.06. The van der Waals surface area contributed by atoms with Crippen molar-refractivity contribution < 1.29 is 4.79 Å². The van der Waals surface area contributed by atoms with Gasteiger partial charge in [0, 0.05) is 5.41 Å². The van der Waals surface area contributed by atoms with Crippen LogP contribution in [-0.4, -0.2) is 5.78 Å². The Bertz CT molecular complexity index is 326. The SMILES string of the molecule is C=C(C)[C@@H]1CC[C@@H](C)[C@@]2(CC=CC2=O)C1. The Balaban J connectivity index is 2.22. The summed E-state index contributed by atoms with van der Waals surface area (Å²) >= 11 is 0. The van der Waals surface area contributed by atoms with Crippen molar-refractivity contribution in [1.82, 2.24) is 0 Å². The lowest BCUT2D eigenvalue weighted by molar-refractivity contribution is -0.128. The summed E-state index contributed by atoms with van der Waals surface area (Å²) in [5, 5.41) is 0. The predicted octanol–water partition coefficient (Wildman–Crippen LogP) is 3.51. The van der Waals surface area contributed by atoms with E-state index in [-0.39, 0.29) is 5.41 Å². The number of hydrogen-bond acceptors (Lipinski definition) is 1. The maximum Gasteiger partial charge on any atom is 0.162 e. The number of allylic oxidation sites excluding steroid dienone is 3. The second-order valence-electron chi connectivity index (χ2n) is 5.35. The second-order valence-corrected chi connectivity index (χ2v) is 5.35. The van der Waals surface area contributed by atoms with Crippen molar-refractivity contribution in [3.05, 3.63) is 24.3 Å². The summed E-state index contributed by atoms with van der Waals surface area (Å²) in [7, 11) is 0. The van der Waals surface area contributed by atoms with Gasteiger partial charge in [-0.1, -0.05) is 25.2 Å². The standard InChI is InChI=1S/C14H20O/c1-10(2)12-7-6-11(3)14(9-12)8-4-5-13(14)15/h4-5,11-12H,1,6-9H2,2-3H3/t11-,12-,14-/m1/s1. The van der Waals surface area contributed by atoms with Gasteiger partial charge in [0.1, 0.15) is 0 Å². The van der Waals surface area contributed by atoms with Crippen LogP contribution < -0.4 is 0 Å². The fraction of sp³-hybridized carbons (Fsp3) is 0.643. The number of carbonyl (C=O) groups is 1. The van der Waals surface area contributed by atoms with E-state index in [9.17, 15) is 4.79 Å². The average molecular weight is 204 g/mol. The van der Waals surface area contributed by atoms with Crippen LogP contribution in [0.2, 0.25) is 0 Å². The number of rotatable bonds is 1. The zero-order valence-electron chi connectivity index (χ0n) is 9.75. The van der Waals surface area contributed by atoms with E-state index < -0.39 is 0 Å². The molecule has 15 heavy (non-hydrogen) atoms. The topological polar surface area (TPSA) is 17.1 Å². The molecule has 2 aliphatic rings. The molecule has 1 heteroatoms.